The molecule has 1 amide bonds. The monoisotopic (exact) mass is 534 g/mol. The maximum Gasteiger partial charge on any atom is 0.430 e. The highest BCUT2D eigenvalue weighted by Crippen LogP contribution is 2.24. The minimum Gasteiger partial charge on any atom is -0.542 e. The summed E-state index contributed by atoms with van der Waals surface area (Å²) < 4.78 is 51.3. The lowest BCUT2D eigenvalue weighted by atomic mass is 10.2. The quantitative estimate of drug-likeness (QED) is 0.368. The third-order valence-electron chi connectivity index (χ3n) is 5.86. The molecule has 1 N–H and O–H groups in total. The summed E-state index contributed by atoms with van der Waals surface area (Å²) >= 11 is 0. The van der Waals surface area contributed by atoms with E-state index in [-0.39, 0.29) is 11.7 Å². The van der Waals surface area contributed by atoms with E-state index in [1.807, 2.05) is 12.1 Å². The molecule has 4 rings (SSSR count). The van der Waals surface area contributed by atoms with Crippen molar-refractivity contribution in [2.45, 2.75) is 19.0 Å². The van der Waals surface area contributed by atoms with Gasteiger partial charge in [0.05, 0.1) is 33.2 Å². The number of halogens is 4. The average Bonchev–Trinajstić information content (AvgIpc) is 3.32. The fraction of sp³-hybridized carbons (Fsp3) is 0.308. The van der Waals surface area contributed by atoms with E-state index in [9.17, 15) is 22.4 Å². The molecule has 0 saturated carbocycles. The highest BCUT2D eigenvalue weighted by Gasteiger charge is 2.29. The molecular formula is C26H26F4N4O4. The SMILES string of the molecule is C[N+]1(CCNC(=O)c2ccnc(-c3ccc(Oc4ccc(F)cc4)cc3)n2)CCCC1.O=C([O-])C(F)(F)F. The maximum absolute atomic E-state index is 13.0. The van der Waals surface area contributed by atoms with E-state index in [4.69, 9.17) is 14.6 Å². The molecular weight excluding hydrogens is 508 g/mol. The van der Waals surface area contributed by atoms with Crippen LogP contribution in [0.2, 0.25) is 0 Å². The summed E-state index contributed by atoms with van der Waals surface area (Å²) in [6, 6.07) is 14.7. The number of quaternary nitrogens is 1. The van der Waals surface area contributed by atoms with Crippen molar-refractivity contribution < 1.29 is 41.5 Å². The number of benzene rings is 2. The van der Waals surface area contributed by atoms with Crippen LogP contribution in [0, 0.1) is 5.82 Å². The Morgan fingerprint density at radius 3 is 2.11 bits per heavy atom. The summed E-state index contributed by atoms with van der Waals surface area (Å²) in [6.07, 6.45) is -1.09. The number of likely N-dealkylation sites (N-methyl/N-ethyl adjacent to an activating group) is 1. The number of carbonyl (C=O) groups is 2. The number of nitrogens with one attached hydrogen (secondary N) is 1. The second-order valence-corrected chi connectivity index (χ2v) is 8.88. The van der Waals surface area contributed by atoms with Crippen molar-refractivity contribution in [3.05, 3.63) is 72.3 Å². The number of hydrogen-bond donors (Lipinski definition) is 1. The lowest BCUT2D eigenvalue weighted by molar-refractivity contribution is -0.896. The Balaban J connectivity index is 0.000000505. The van der Waals surface area contributed by atoms with Crippen molar-refractivity contribution >= 4 is 11.9 Å². The first-order chi connectivity index (χ1) is 17.9. The van der Waals surface area contributed by atoms with Gasteiger partial charge in [-0.05, 0) is 54.6 Å². The number of rotatable bonds is 7. The van der Waals surface area contributed by atoms with Crippen LogP contribution in [0.1, 0.15) is 23.3 Å². The maximum atomic E-state index is 13.0. The Hall–Kier alpha value is -4.06. The summed E-state index contributed by atoms with van der Waals surface area (Å²) in [5, 5.41) is 11.8. The molecule has 2 heterocycles. The number of aliphatic carboxylic acids is 1. The number of nitrogens with zero attached hydrogens (tertiary/aromatic N) is 3. The van der Waals surface area contributed by atoms with Gasteiger partial charge in [-0.2, -0.15) is 13.2 Å². The Kier molecular flexibility index (Phi) is 9.35. The number of aromatic nitrogens is 2. The molecule has 0 atom stereocenters. The van der Waals surface area contributed by atoms with E-state index in [2.05, 4.69) is 22.3 Å². The first-order valence-corrected chi connectivity index (χ1v) is 11.7. The fourth-order valence-electron chi connectivity index (χ4n) is 3.79. The molecule has 1 saturated heterocycles. The van der Waals surface area contributed by atoms with E-state index in [1.165, 1.54) is 38.1 Å². The van der Waals surface area contributed by atoms with E-state index in [1.54, 1.807) is 36.5 Å². The van der Waals surface area contributed by atoms with Crippen molar-refractivity contribution in [2.75, 3.05) is 33.2 Å². The van der Waals surface area contributed by atoms with Crippen LogP contribution in [0.3, 0.4) is 0 Å². The average molecular weight is 535 g/mol. The molecule has 38 heavy (non-hydrogen) atoms. The number of ether oxygens (including phenoxy) is 1. The summed E-state index contributed by atoms with van der Waals surface area (Å²) in [4.78, 5) is 30.0. The van der Waals surface area contributed by atoms with Crippen molar-refractivity contribution in [3.8, 4) is 22.9 Å². The lowest BCUT2D eigenvalue weighted by Crippen LogP contribution is -2.46. The molecule has 3 aromatic rings. The van der Waals surface area contributed by atoms with Gasteiger partial charge in [0.25, 0.3) is 5.91 Å². The van der Waals surface area contributed by atoms with Gasteiger partial charge in [-0.15, -0.1) is 0 Å². The molecule has 202 valence electrons. The number of hydrogen-bond acceptors (Lipinski definition) is 6. The molecule has 1 aromatic heterocycles. The zero-order valence-electron chi connectivity index (χ0n) is 20.5. The Labute approximate surface area is 216 Å². The predicted octanol–water partition coefficient (Wildman–Crippen LogP) is 3.34. The minimum absolute atomic E-state index is 0.189. The van der Waals surface area contributed by atoms with Crippen molar-refractivity contribution in [3.63, 3.8) is 0 Å². The molecule has 1 aliphatic rings. The highest BCUT2D eigenvalue weighted by atomic mass is 19.4. The van der Waals surface area contributed by atoms with E-state index in [0.29, 0.717) is 29.6 Å². The Morgan fingerprint density at radius 2 is 1.55 bits per heavy atom. The molecule has 2 aromatic carbocycles. The largest absolute Gasteiger partial charge is 0.542 e. The lowest BCUT2D eigenvalue weighted by Gasteiger charge is -2.29. The van der Waals surface area contributed by atoms with Gasteiger partial charge in [0, 0.05) is 24.6 Å². The molecule has 1 fully saturated rings. The van der Waals surface area contributed by atoms with Crippen LogP contribution in [-0.4, -0.2) is 65.7 Å². The smallest absolute Gasteiger partial charge is 0.430 e. The van der Waals surface area contributed by atoms with E-state index >= 15 is 0 Å². The number of carbonyl (C=O) groups excluding carboxylic acids is 2. The van der Waals surface area contributed by atoms with Gasteiger partial charge in [-0.25, -0.2) is 14.4 Å². The number of alkyl halides is 3. The van der Waals surface area contributed by atoms with Crippen molar-refractivity contribution in [1.82, 2.24) is 15.3 Å². The summed E-state index contributed by atoms with van der Waals surface area (Å²) in [7, 11) is 2.24. The van der Waals surface area contributed by atoms with Crippen LogP contribution >= 0.6 is 0 Å². The van der Waals surface area contributed by atoms with Gasteiger partial charge < -0.3 is 24.4 Å². The topological polar surface area (TPSA) is 104 Å². The fourth-order valence-corrected chi connectivity index (χ4v) is 3.79. The number of likely N-dealkylation sites (tertiary alicyclic amines) is 1. The normalized spacial score (nSPS) is 14.2. The molecule has 0 radical (unpaired) electrons. The predicted molar refractivity (Wildman–Crippen MR) is 127 cm³/mol. The highest BCUT2D eigenvalue weighted by molar-refractivity contribution is 5.92. The Bertz CT molecular complexity index is 1230. The molecule has 0 spiro atoms. The van der Waals surface area contributed by atoms with Crippen LogP contribution in [0.25, 0.3) is 11.4 Å². The van der Waals surface area contributed by atoms with Gasteiger partial charge >= 0.3 is 6.18 Å². The summed E-state index contributed by atoms with van der Waals surface area (Å²) in [6.45, 7) is 3.91. The van der Waals surface area contributed by atoms with Crippen LogP contribution in [0.15, 0.2) is 60.8 Å². The van der Waals surface area contributed by atoms with E-state index < -0.39 is 12.1 Å². The zero-order valence-corrected chi connectivity index (χ0v) is 20.5. The van der Waals surface area contributed by atoms with Crippen molar-refractivity contribution in [1.29, 1.82) is 0 Å². The van der Waals surface area contributed by atoms with Crippen LogP contribution in [0.4, 0.5) is 17.6 Å². The standard InChI is InChI=1S/C24H25FN4O2.C2HF3O2/c1-29(15-2-3-16-29)17-14-27-24(30)22-12-13-26-23(28-22)18-4-8-20(9-5-18)31-21-10-6-19(25)7-11-21;3-2(4,5)1(6)7/h4-13H,2-3,14-17H2,1H3;(H,6,7). The first-order valence-electron chi connectivity index (χ1n) is 11.7. The third kappa shape index (κ3) is 8.51. The number of amides is 1. The van der Waals surface area contributed by atoms with Crippen LogP contribution < -0.4 is 15.2 Å². The van der Waals surface area contributed by atoms with E-state index in [0.717, 1.165) is 16.6 Å². The van der Waals surface area contributed by atoms with Gasteiger partial charge in [0.1, 0.15) is 29.0 Å². The molecule has 1 aliphatic heterocycles. The third-order valence-corrected chi connectivity index (χ3v) is 5.86. The van der Waals surface area contributed by atoms with Gasteiger partial charge in [0.2, 0.25) is 0 Å². The molecule has 8 nitrogen and oxygen atoms in total. The zero-order chi connectivity index (χ0) is 27.8. The van der Waals surface area contributed by atoms with Crippen LogP contribution in [0.5, 0.6) is 11.5 Å². The summed E-state index contributed by atoms with van der Waals surface area (Å²) in [5.74, 6) is -1.87. The first kappa shape index (κ1) is 28.5. The minimum atomic E-state index is -5.19. The van der Waals surface area contributed by atoms with Crippen LogP contribution in [-0.2, 0) is 4.79 Å². The molecule has 0 unspecified atom stereocenters. The number of carboxylic acids is 1. The van der Waals surface area contributed by atoms with Crippen molar-refractivity contribution in [2.24, 2.45) is 0 Å². The van der Waals surface area contributed by atoms with Gasteiger partial charge in [0.15, 0.2) is 5.82 Å². The molecule has 0 bridgehead atoms. The Morgan fingerprint density at radius 1 is 1.00 bits per heavy atom. The molecule has 0 aliphatic carbocycles. The summed E-state index contributed by atoms with van der Waals surface area (Å²) in [5.41, 5.74) is 1.12. The second kappa shape index (κ2) is 12.5. The van der Waals surface area contributed by atoms with Gasteiger partial charge in [-0.1, -0.05) is 0 Å². The second-order valence-electron chi connectivity index (χ2n) is 8.88. The molecule has 12 heteroatoms. The number of carboxylic acid groups (broad SMARTS) is 1. The van der Waals surface area contributed by atoms with Gasteiger partial charge in [-0.3, -0.25) is 4.79 Å².